The van der Waals surface area contributed by atoms with Crippen molar-refractivity contribution in [2.45, 2.75) is 4.21 Å². The summed E-state index contributed by atoms with van der Waals surface area (Å²) in [5.74, 6) is 0. The molecular weight excluding hydrogens is 286 g/mol. The molecule has 1 aromatic heterocycles. The van der Waals surface area contributed by atoms with E-state index in [1.54, 1.807) is 0 Å². The number of sulfonamides is 1. The van der Waals surface area contributed by atoms with Crippen LogP contribution in [0.4, 0.5) is 0 Å². The van der Waals surface area contributed by atoms with Crippen molar-refractivity contribution >= 4 is 47.4 Å². The maximum Gasteiger partial charge on any atom is 0.248 e. The first kappa shape index (κ1) is 10.1. The molecule has 0 radical (unpaired) electrons. The molecule has 6 heteroatoms. The molecule has 0 atom stereocenters. The van der Waals surface area contributed by atoms with Gasteiger partial charge in [-0.05, 0) is 22.0 Å². The van der Waals surface area contributed by atoms with Crippen LogP contribution in [0, 0.1) is 0 Å². The molecule has 0 unspecified atom stereocenters. The predicted octanol–water partition coefficient (Wildman–Crippen LogP) is 2.31. The van der Waals surface area contributed by atoms with Crippen LogP contribution in [0.1, 0.15) is 0 Å². The topological polar surface area (TPSA) is 60.2 Å². The van der Waals surface area contributed by atoms with E-state index in [0.717, 1.165) is 10.1 Å². The standard InChI is InChI=1S/C8H6BrNO2S2/c9-7-5-3-1-2-4-6(5)13-8(7)14(10,11)12/h1-4H,(H2,10,11,12). The normalized spacial score (nSPS) is 12.1. The van der Waals surface area contributed by atoms with Gasteiger partial charge < -0.3 is 0 Å². The van der Waals surface area contributed by atoms with Gasteiger partial charge in [0.2, 0.25) is 10.0 Å². The maximum absolute atomic E-state index is 11.2. The second kappa shape index (κ2) is 3.30. The van der Waals surface area contributed by atoms with Crippen LogP contribution in [-0.4, -0.2) is 8.42 Å². The van der Waals surface area contributed by atoms with Crippen molar-refractivity contribution in [3.8, 4) is 0 Å². The zero-order valence-electron chi connectivity index (χ0n) is 6.90. The van der Waals surface area contributed by atoms with Gasteiger partial charge in [-0.3, -0.25) is 0 Å². The molecule has 0 bridgehead atoms. The molecule has 14 heavy (non-hydrogen) atoms. The van der Waals surface area contributed by atoms with Crippen molar-refractivity contribution in [3.05, 3.63) is 28.7 Å². The molecule has 1 heterocycles. The molecule has 0 amide bonds. The molecule has 74 valence electrons. The molecule has 1 aromatic carbocycles. The van der Waals surface area contributed by atoms with Gasteiger partial charge in [0.05, 0.1) is 4.47 Å². The largest absolute Gasteiger partial charge is 0.248 e. The van der Waals surface area contributed by atoms with Gasteiger partial charge in [0.15, 0.2) is 0 Å². The first-order valence-electron chi connectivity index (χ1n) is 3.70. The summed E-state index contributed by atoms with van der Waals surface area (Å²) < 4.78 is 24.0. The van der Waals surface area contributed by atoms with Crippen molar-refractivity contribution in [1.82, 2.24) is 0 Å². The van der Waals surface area contributed by atoms with Crippen molar-refractivity contribution in [3.63, 3.8) is 0 Å². The van der Waals surface area contributed by atoms with Crippen LogP contribution < -0.4 is 5.14 Å². The molecule has 0 aliphatic rings. The average Bonchev–Trinajstić information content (AvgIpc) is 2.44. The summed E-state index contributed by atoms with van der Waals surface area (Å²) >= 11 is 4.41. The third kappa shape index (κ3) is 1.58. The fourth-order valence-corrected chi connectivity index (χ4v) is 4.49. The van der Waals surface area contributed by atoms with Crippen molar-refractivity contribution in [2.75, 3.05) is 0 Å². The van der Waals surface area contributed by atoms with Gasteiger partial charge >= 0.3 is 0 Å². The molecular formula is C8H6BrNO2S2. The van der Waals surface area contributed by atoms with E-state index in [9.17, 15) is 8.42 Å². The van der Waals surface area contributed by atoms with Gasteiger partial charge in [-0.2, -0.15) is 0 Å². The summed E-state index contributed by atoms with van der Waals surface area (Å²) in [5.41, 5.74) is 0. The van der Waals surface area contributed by atoms with Gasteiger partial charge in [0.25, 0.3) is 0 Å². The van der Waals surface area contributed by atoms with E-state index in [1.165, 1.54) is 11.3 Å². The maximum atomic E-state index is 11.2. The van der Waals surface area contributed by atoms with E-state index in [2.05, 4.69) is 15.9 Å². The summed E-state index contributed by atoms with van der Waals surface area (Å²) in [6.07, 6.45) is 0. The van der Waals surface area contributed by atoms with Gasteiger partial charge in [-0.15, -0.1) is 11.3 Å². The molecule has 0 fully saturated rings. The Morgan fingerprint density at radius 1 is 1.29 bits per heavy atom. The van der Waals surface area contributed by atoms with Crippen molar-refractivity contribution in [2.24, 2.45) is 5.14 Å². The zero-order chi connectivity index (χ0) is 10.3. The van der Waals surface area contributed by atoms with E-state index >= 15 is 0 Å². The number of nitrogens with two attached hydrogens (primary N) is 1. The van der Waals surface area contributed by atoms with E-state index in [0.29, 0.717) is 4.47 Å². The Bertz CT molecular complexity index is 588. The number of thiophene rings is 1. The fraction of sp³-hybridized carbons (Fsp3) is 0. The number of halogens is 1. The van der Waals surface area contributed by atoms with Gasteiger partial charge in [0.1, 0.15) is 4.21 Å². The minimum Gasteiger partial charge on any atom is -0.224 e. The number of hydrogen-bond acceptors (Lipinski definition) is 3. The molecule has 0 saturated carbocycles. The van der Waals surface area contributed by atoms with Crippen LogP contribution in [0.25, 0.3) is 10.1 Å². The van der Waals surface area contributed by atoms with Crippen molar-refractivity contribution < 1.29 is 8.42 Å². The quantitative estimate of drug-likeness (QED) is 0.876. The van der Waals surface area contributed by atoms with Gasteiger partial charge in [0, 0.05) is 10.1 Å². The Morgan fingerprint density at radius 3 is 2.50 bits per heavy atom. The van der Waals surface area contributed by atoms with Crippen LogP contribution >= 0.6 is 27.3 Å². The Labute approximate surface area is 93.7 Å². The highest BCUT2D eigenvalue weighted by molar-refractivity contribution is 9.10. The lowest BCUT2D eigenvalue weighted by Gasteiger charge is -1.92. The second-order valence-corrected chi connectivity index (χ2v) is 6.35. The Kier molecular flexibility index (Phi) is 2.38. The van der Waals surface area contributed by atoms with Gasteiger partial charge in [-0.1, -0.05) is 18.2 Å². The minimum absolute atomic E-state index is 0.179. The summed E-state index contributed by atoms with van der Waals surface area (Å²) in [7, 11) is -3.62. The van der Waals surface area contributed by atoms with Crippen LogP contribution in [0.5, 0.6) is 0 Å². The molecule has 2 N–H and O–H groups in total. The van der Waals surface area contributed by atoms with E-state index < -0.39 is 10.0 Å². The van der Waals surface area contributed by atoms with E-state index in [4.69, 9.17) is 5.14 Å². The van der Waals surface area contributed by atoms with Crippen LogP contribution in [0.15, 0.2) is 32.9 Å². The molecule has 2 rings (SSSR count). The average molecular weight is 292 g/mol. The number of hydrogen-bond donors (Lipinski definition) is 1. The summed E-state index contributed by atoms with van der Waals surface area (Å²) in [6, 6.07) is 7.43. The fourth-order valence-electron chi connectivity index (χ4n) is 1.17. The lowest BCUT2D eigenvalue weighted by molar-refractivity contribution is 0.599. The van der Waals surface area contributed by atoms with Crippen LogP contribution in [0.2, 0.25) is 0 Å². The monoisotopic (exact) mass is 291 g/mol. The van der Waals surface area contributed by atoms with Crippen LogP contribution in [0.3, 0.4) is 0 Å². The first-order chi connectivity index (χ1) is 6.50. The molecule has 0 spiro atoms. The lowest BCUT2D eigenvalue weighted by Crippen LogP contribution is -2.10. The lowest BCUT2D eigenvalue weighted by atomic mass is 10.3. The van der Waals surface area contributed by atoms with Gasteiger partial charge in [-0.25, -0.2) is 13.6 Å². The zero-order valence-corrected chi connectivity index (χ0v) is 10.1. The smallest absolute Gasteiger partial charge is 0.224 e. The highest BCUT2D eigenvalue weighted by Gasteiger charge is 2.18. The molecule has 0 aliphatic heterocycles. The minimum atomic E-state index is -3.62. The number of rotatable bonds is 1. The molecule has 2 aromatic rings. The molecule has 0 aliphatic carbocycles. The third-order valence-corrected chi connectivity index (χ3v) is 5.75. The van der Waals surface area contributed by atoms with Crippen molar-refractivity contribution in [1.29, 1.82) is 0 Å². The summed E-state index contributed by atoms with van der Waals surface area (Å²) in [4.78, 5) is 0. The predicted molar refractivity (Wildman–Crippen MR) is 60.9 cm³/mol. The summed E-state index contributed by atoms with van der Waals surface area (Å²) in [5, 5.41) is 5.95. The highest BCUT2D eigenvalue weighted by atomic mass is 79.9. The first-order valence-corrected chi connectivity index (χ1v) is 6.85. The van der Waals surface area contributed by atoms with Crippen LogP contribution in [-0.2, 0) is 10.0 Å². The van der Waals surface area contributed by atoms with E-state index in [1.807, 2.05) is 24.3 Å². The second-order valence-electron chi connectivity index (χ2n) is 2.74. The highest BCUT2D eigenvalue weighted by Crippen LogP contribution is 2.37. The third-order valence-electron chi connectivity index (χ3n) is 1.76. The Balaban J connectivity index is 2.89. The Morgan fingerprint density at radius 2 is 1.93 bits per heavy atom. The number of fused-ring (bicyclic) bond motifs is 1. The summed E-state index contributed by atoms with van der Waals surface area (Å²) in [6.45, 7) is 0. The molecule has 3 nitrogen and oxygen atoms in total. The number of benzene rings is 1. The molecule has 0 saturated heterocycles. The Hall–Kier alpha value is -0.430. The number of primary sulfonamides is 1. The SMILES string of the molecule is NS(=O)(=O)c1sc2ccccc2c1Br. The van der Waals surface area contributed by atoms with E-state index in [-0.39, 0.29) is 4.21 Å².